The SMILES string of the molecule is CC1(C)OB(c2ncc(-c3ccc(C#N)cc3)cn2)OC1(C)C. The van der Waals surface area contributed by atoms with Crippen molar-refractivity contribution >= 4 is 12.8 Å². The fourth-order valence-corrected chi connectivity index (χ4v) is 2.29. The minimum atomic E-state index is -0.560. The summed E-state index contributed by atoms with van der Waals surface area (Å²) in [4.78, 5) is 8.77. The Morgan fingerprint density at radius 3 is 1.91 bits per heavy atom. The molecule has 3 rings (SSSR count). The molecule has 0 amide bonds. The molecule has 0 saturated carbocycles. The van der Waals surface area contributed by atoms with E-state index < -0.39 is 18.3 Å². The summed E-state index contributed by atoms with van der Waals surface area (Å²) < 4.78 is 11.9. The third kappa shape index (κ3) is 2.86. The van der Waals surface area contributed by atoms with E-state index in [0.29, 0.717) is 11.3 Å². The molecule has 0 spiro atoms. The van der Waals surface area contributed by atoms with E-state index >= 15 is 0 Å². The molecular weight excluding hydrogens is 289 g/mol. The zero-order valence-electron chi connectivity index (χ0n) is 13.7. The van der Waals surface area contributed by atoms with E-state index in [-0.39, 0.29) is 0 Å². The van der Waals surface area contributed by atoms with Gasteiger partial charge in [-0.1, -0.05) is 12.1 Å². The molecule has 1 saturated heterocycles. The van der Waals surface area contributed by atoms with Crippen LogP contribution in [0.1, 0.15) is 33.3 Å². The molecule has 23 heavy (non-hydrogen) atoms. The highest BCUT2D eigenvalue weighted by atomic mass is 16.7. The van der Waals surface area contributed by atoms with Crippen LogP contribution in [0.5, 0.6) is 0 Å². The third-order valence-corrected chi connectivity index (χ3v) is 4.48. The van der Waals surface area contributed by atoms with E-state index in [2.05, 4.69) is 16.0 Å². The fourth-order valence-electron chi connectivity index (χ4n) is 2.29. The molecule has 0 bridgehead atoms. The van der Waals surface area contributed by atoms with Crippen LogP contribution in [0.2, 0.25) is 0 Å². The molecule has 0 atom stereocenters. The van der Waals surface area contributed by atoms with E-state index in [1.165, 1.54) is 0 Å². The molecule has 2 aromatic rings. The summed E-state index contributed by atoms with van der Waals surface area (Å²) in [6, 6.07) is 9.41. The van der Waals surface area contributed by atoms with Gasteiger partial charge in [-0.05, 0) is 45.4 Å². The maximum absolute atomic E-state index is 8.84. The van der Waals surface area contributed by atoms with Gasteiger partial charge in [0, 0.05) is 18.0 Å². The molecule has 1 aliphatic rings. The summed E-state index contributed by atoms with van der Waals surface area (Å²) in [6.07, 6.45) is 3.49. The number of hydrogen-bond acceptors (Lipinski definition) is 5. The highest BCUT2D eigenvalue weighted by molar-refractivity contribution is 6.60. The van der Waals surface area contributed by atoms with Gasteiger partial charge in [-0.25, -0.2) is 9.97 Å². The van der Waals surface area contributed by atoms with Crippen molar-refractivity contribution < 1.29 is 9.31 Å². The molecule has 5 nitrogen and oxygen atoms in total. The lowest BCUT2D eigenvalue weighted by Crippen LogP contribution is -2.41. The van der Waals surface area contributed by atoms with Gasteiger partial charge in [0.25, 0.3) is 0 Å². The van der Waals surface area contributed by atoms with Crippen molar-refractivity contribution in [3.05, 3.63) is 42.2 Å². The molecule has 1 fully saturated rings. The molecule has 1 aliphatic heterocycles. The van der Waals surface area contributed by atoms with Gasteiger partial charge in [-0.2, -0.15) is 5.26 Å². The monoisotopic (exact) mass is 307 g/mol. The van der Waals surface area contributed by atoms with Crippen molar-refractivity contribution in [1.82, 2.24) is 9.97 Å². The number of nitriles is 1. The Kier molecular flexibility index (Phi) is 3.71. The van der Waals surface area contributed by atoms with Crippen molar-refractivity contribution in [1.29, 1.82) is 5.26 Å². The Labute approximate surface area is 136 Å². The van der Waals surface area contributed by atoms with Crippen LogP contribution < -0.4 is 5.72 Å². The molecule has 0 aliphatic carbocycles. The second-order valence-electron chi connectivity index (χ2n) is 6.61. The number of rotatable bonds is 2. The van der Waals surface area contributed by atoms with Crippen LogP contribution in [0, 0.1) is 11.3 Å². The van der Waals surface area contributed by atoms with Crippen LogP contribution >= 0.6 is 0 Å². The zero-order valence-corrected chi connectivity index (χ0v) is 13.7. The summed E-state index contributed by atoms with van der Waals surface area (Å²) >= 11 is 0. The first kappa shape index (κ1) is 15.7. The lowest BCUT2D eigenvalue weighted by atomic mass is 9.89. The van der Waals surface area contributed by atoms with E-state index in [9.17, 15) is 0 Å². The largest absolute Gasteiger partial charge is 0.534 e. The normalized spacial score (nSPS) is 18.7. The standard InChI is InChI=1S/C17H18BN3O2/c1-16(2)17(3,4)23-18(22-16)15-20-10-14(11-21-15)13-7-5-12(9-19)6-8-13/h5-8,10-11H,1-4H3. The number of aromatic nitrogens is 2. The Morgan fingerprint density at radius 2 is 1.43 bits per heavy atom. The van der Waals surface area contributed by atoms with Gasteiger partial charge in [0.05, 0.1) is 22.8 Å². The van der Waals surface area contributed by atoms with Crippen LogP contribution in [0.3, 0.4) is 0 Å². The predicted octanol–water partition coefficient (Wildman–Crippen LogP) is 2.31. The van der Waals surface area contributed by atoms with Gasteiger partial charge < -0.3 is 9.31 Å². The molecule has 116 valence electrons. The van der Waals surface area contributed by atoms with E-state index in [0.717, 1.165) is 11.1 Å². The Morgan fingerprint density at radius 1 is 0.913 bits per heavy atom. The van der Waals surface area contributed by atoms with Crippen molar-refractivity contribution in [2.24, 2.45) is 0 Å². The predicted molar refractivity (Wildman–Crippen MR) is 87.9 cm³/mol. The van der Waals surface area contributed by atoms with Gasteiger partial charge in [-0.15, -0.1) is 0 Å². The lowest BCUT2D eigenvalue weighted by Gasteiger charge is -2.32. The van der Waals surface area contributed by atoms with Crippen LogP contribution in [-0.4, -0.2) is 28.3 Å². The van der Waals surface area contributed by atoms with Crippen LogP contribution in [-0.2, 0) is 9.31 Å². The van der Waals surface area contributed by atoms with Crippen LogP contribution in [0.4, 0.5) is 0 Å². The zero-order chi connectivity index (χ0) is 16.7. The molecule has 0 radical (unpaired) electrons. The van der Waals surface area contributed by atoms with Gasteiger partial charge in [0.2, 0.25) is 0 Å². The minimum Gasteiger partial charge on any atom is -0.397 e. The molecule has 0 N–H and O–H groups in total. The molecule has 6 heteroatoms. The van der Waals surface area contributed by atoms with Crippen molar-refractivity contribution in [2.45, 2.75) is 38.9 Å². The minimum absolute atomic E-state index is 0.410. The molecule has 1 aromatic carbocycles. The maximum Gasteiger partial charge on any atom is 0.534 e. The van der Waals surface area contributed by atoms with Gasteiger partial charge in [-0.3, -0.25) is 0 Å². The fraction of sp³-hybridized carbons (Fsp3) is 0.353. The summed E-state index contributed by atoms with van der Waals surface area (Å²) in [5, 5.41) is 8.84. The van der Waals surface area contributed by atoms with Crippen molar-refractivity contribution in [3.8, 4) is 17.2 Å². The first-order valence-corrected chi connectivity index (χ1v) is 7.50. The molecule has 2 heterocycles. The Bertz CT molecular complexity index is 733. The number of benzene rings is 1. The second-order valence-corrected chi connectivity index (χ2v) is 6.61. The summed E-state index contributed by atoms with van der Waals surface area (Å²) in [5.41, 5.74) is 2.17. The van der Waals surface area contributed by atoms with Crippen LogP contribution in [0.15, 0.2) is 36.7 Å². The molecule has 1 aromatic heterocycles. The van der Waals surface area contributed by atoms with Gasteiger partial charge in [0.15, 0.2) is 5.72 Å². The topological polar surface area (TPSA) is 68.0 Å². The average molecular weight is 307 g/mol. The highest BCUT2D eigenvalue weighted by Gasteiger charge is 2.53. The summed E-state index contributed by atoms with van der Waals surface area (Å²) in [7, 11) is -0.560. The first-order valence-electron chi connectivity index (χ1n) is 7.50. The summed E-state index contributed by atoms with van der Waals surface area (Å²) in [5.74, 6) is 0. The Hall–Kier alpha value is -2.23. The molecular formula is C17H18BN3O2. The highest BCUT2D eigenvalue weighted by Crippen LogP contribution is 2.36. The van der Waals surface area contributed by atoms with Gasteiger partial charge >= 0.3 is 7.12 Å². The summed E-state index contributed by atoms with van der Waals surface area (Å²) in [6.45, 7) is 7.99. The number of hydrogen-bond donors (Lipinski definition) is 0. The number of nitrogens with zero attached hydrogens (tertiary/aromatic N) is 3. The van der Waals surface area contributed by atoms with E-state index in [1.54, 1.807) is 24.5 Å². The second kappa shape index (κ2) is 5.45. The third-order valence-electron chi connectivity index (χ3n) is 4.48. The van der Waals surface area contributed by atoms with Gasteiger partial charge in [0.1, 0.15) is 0 Å². The van der Waals surface area contributed by atoms with Crippen molar-refractivity contribution in [3.63, 3.8) is 0 Å². The Balaban J connectivity index is 1.81. The maximum atomic E-state index is 8.84. The van der Waals surface area contributed by atoms with Crippen molar-refractivity contribution in [2.75, 3.05) is 0 Å². The lowest BCUT2D eigenvalue weighted by molar-refractivity contribution is 0.00578. The smallest absolute Gasteiger partial charge is 0.397 e. The molecule has 0 unspecified atom stereocenters. The van der Waals surface area contributed by atoms with E-state index in [4.69, 9.17) is 14.6 Å². The van der Waals surface area contributed by atoms with E-state index in [1.807, 2.05) is 39.8 Å². The first-order chi connectivity index (χ1) is 10.8. The quantitative estimate of drug-likeness (QED) is 0.796. The van der Waals surface area contributed by atoms with Crippen LogP contribution in [0.25, 0.3) is 11.1 Å². The average Bonchev–Trinajstić information content (AvgIpc) is 2.76.